The maximum Gasteiger partial charge on any atom is 0.410 e. The van der Waals surface area contributed by atoms with Crippen molar-refractivity contribution >= 4 is 11.9 Å². The first-order valence-electron chi connectivity index (χ1n) is 7.99. The van der Waals surface area contributed by atoms with E-state index in [0.717, 1.165) is 0 Å². The zero-order chi connectivity index (χ0) is 17.9. The number of hydrogen-bond acceptors (Lipinski definition) is 5. The van der Waals surface area contributed by atoms with Gasteiger partial charge in [0.25, 0.3) is 0 Å². The molecule has 0 aromatic heterocycles. The average Bonchev–Trinajstić information content (AvgIpc) is 3.02. The van der Waals surface area contributed by atoms with E-state index in [-0.39, 0.29) is 17.8 Å². The lowest BCUT2D eigenvalue weighted by molar-refractivity contribution is 0.0289. The topological polar surface area (TPSA) is 65.1 Å². The summed E-state index contributed by atoms with van der Waals surface area (Å²) >= 11 is 0. The second-order valence-corrected chi connectivity index (χ2v) is 6.84. The Labute approximate surface area is 142 Å². The van der Waals surface area contributed by atoms with Crippen molar-refractivity contribution in [2.45, 2.75) is 32.8 Å². The first-order chi connectivity index (χ1) is 11.2. The van der Waals surface area contributed by atoms with E-state index in [2.05, 4.69) is 0 Å². The summed E-state index contributed by atoms with van der Waals surface area (Å²) in [7, 11) is 3.08. The van der Waals surface area contributed by atoms with Crippen LogP contribution < -0.4 is 9.47 Å². The molecule has 0 aliphatic carbocycles. The molecule has 6 nitrogen and oxygen atoms in total. The highest BCUT2D eigenvalue weighted by Gasteiger charge is 2.34. The zero-order valence-electron chi connectivity index (χ0n) is 14.9. The molecule has 0 bridgehead atoms. The molecule has 6 heteroatoms. The van der Waals surface area contributed by atoms with Gasteiger partial charge < -0.3 is 19.1 Å². The van der Waals surface area contributed by atoms with Crippen LogP contribution in [-0.2, 0) is 4.74 Å². The van der Waals surface area contributed by atoms with E-state index in [1.54, 1.807) is 30.2 Å². The first-order valence-corrected chi connectivity index (χ1v) is 7.99. The van der Waals surface area contributed by atoms with Gasteiger partial charge >= 0.3 is 6.09 Å². The highest BCUT2D eigenvalue weighted by molar-refractivity contribution is 6.01. The van der Waals surface area contributed by atoms with E-state index in [4.69, 9.17) is 14.2 Å². The van der Waals surface area contributed by atoms with Crippen LogP contribution in [0.2, 0.25) is 0 Å². The molecule has 0 radical (unpaired) electrons. The number of ketones is 1. The Bertz CT molecular complexity index is 620. The summed E-state index contributed by atoms with van der Waals surface area (Å²) in [5, 5.41) is 0. The number of likely N-dealkylation sites (tertiary alicyclic amines) is 1. The van der Waals surface area contributed by atoms with Crippen LogP contribution in [0.25, 0.3) is 0 Å². The smallest absolute Gasteiger partial charge is 0.410 e. The van der Waals surface area contributed by atoms with E-state index in [0.29, 0.717) is 36.6 Å². The van der Waals surface area contributed by atoms with Gasteiger partial charge in [0.1, 0.15) is 17.1 Å². The summed E-state index contributed by atoms with van der Waals surface area (Å²) in [6.07, 6.45) is 0.230. The molecule has 0 saturated carbocycles. The summed E-state index contributed by atoms with van der Waals surface area (Å²) in [5.41, 5.74) is -0.0669. The molecule has 1 fully saturated rings. The summed E-state index contributed by atoms with van der Waals surface area (Å²) in [4.78, 5) is 26.6. The quantitative estimate of drug-likeness (QED) is 0.791. The van der Waals surface area contributed by atoms with Gasteiger partial charge in [-0.1, -0.05) is 0 Å². The van der Waals surface area contributed by atoms with Gasteiger partial charge in [0.2, 0.25) is 0 Å². The van der Waals surface area contributed by atoms with Gasteiger partial charge in [-0.15, -0.1) is 0 Å². The van der Waals surface area contributed by atoms with Crippen molar-refractivity contribution in [2.24, 2.45) is 5.92 Å². The number of Topliss-reactive ketones (excluding diaryl/α,β-unsaturated/α-hetero) is 1. The Morgan fingerprint density at radius 1 is 1.17 bits per heavy atom. The third-order valence-electron chi connectivity index (χ3n) is 3.88. The van der Waals surface area contributed by atoms with Crippen molar-refractivity contribution in [3.05, 3.63) is 23.8 Å². The van der Waals surface area contributed by atoms with E-state index in [1.165, 1.54) is 7.11 Å². The minimum Gasteiger partial charge on any atom is -0.497 e. The van der Waals surface area contributed by atoms with Gasteiger partial charge in [0, 0.05) is 19.0 Å². The van der Waals surface area contributed by atoms with Gasteiger partial charge in [0.05, 0.1) is 19.8 Å². The second kappa shape index (κ2) is 7.11. The van der Waals surface area contributed by atoms with Crippen LogP contribution in [-0.4, -0.2) is 49.7 Å². The van der Waals surface area contributed by atoms with Crippen molar-refractivity contribution in [2.75, 3.05) is 27.3 Å². The predicted octanol–water partition coefficient (Wildman–Crippen LogP) is 3.14. The SMILES string of the molecule is COc1ccc(OC)c(C(=O)[C@H]2CCN(C(=O)OC(C)(C)C)C2)c1. The van der Waals surface area contributed by atoms with Crippen molar-refractivity contribution in [3.8, 4) is 11.5 Å². The highest BCUT2D eigenvalue weighted by Crippen LogP contribution is 2.30. The van der Waals surface area contributed by atoms with E-state index in [1.807, 2.05) is 20.8 Å². The van der Waals surface area contributed by atoms with Crippen LogP contribution in [0, 0.1) is 5.92 Å². The lowest BCUT2D eigenvalue weighted by atomic mass is 9.96. The van der Waals surface area contributed by atoms with Crippen molar-refractivity contribution in [1.82, 2.24) is 4.90 Å². The van der Waals surface area contributed by atoms with E-state index >= 15 is 0 Å². The van der Waals surface area contributed by atoms with E-state index < -0.39 is 5.60 Å². The van der Waals surface area contributed by atoms with Crippen LogP contribution in [0.4, 0.5) is 4.79 Å². The predicted molar refractivity (Wildman–Crippen MR) is 89.8 cm³/mol. The van der Waals surface area contributed by atoms with Crippen molar-refractivity contribution in [3.63, 3.8) is 0 Å². The summed E-state index contributed by atoms with van der Waals surface area (Å²) in [6, 6.07) is 5.14. The van der Waals surface area contributed by atoms with Crippen LogP contribution in [0.3, 0.4) is 0 Å². The number of carbonyl (C=O) groups is 2. The van der Waals surface area contributed by atoms with Gasteiger partial charge in [0.15, 0.2) is 5.78 Å². The van der Waals surface area contributed by atoms with Gasteiger partial charge in [-0.2, -0.15) is 0 Å². The highest BCUT2D eigenvalue weighted by atomic mass is 16.6. The van der Waals surface area contributed by atoms with Crippen molar-refractivity contribution < 1.29 is 23.8 Å². The van der Waals surface area contributed by atoms with Crippen LogP contribution in [0.1, 0.15) is 37.6 Å². The third-order valence-corrected chi connectivity index (χ3v) is 3.88. The molecular formula is C18H25NO5. The standard InChI is InChI=1S/C18H25NO5/c1-18(2,3)24-17(21)19-9-8-12(11-19)16(20)14-10-13(22-4)6-7-15(14)23-5/h6-7,10,12H,8-9,11H2,1-5H3/t12-/m0/s1. The molecule has 1 aromatic carbocycles. The molecule has 1 atom stereocenters. The first kappa shape index (κ1) is 18.1. The third kappa shape index (κ3) is 4.19. The maximum atomic E-state index is 12.8. The fraction of sp³-hybridized carbons (Fsp3) is 0.556. The minimum absolute atomic E-state index is 0.0446. The van der Waals surface area contributed by atoms with Crippen molar-refractivity contribution in [1.29, 1.82) is 0 Å². The number of rotatable bonds is 4. The molecule has 1 aliphatic heterocycles. The number of nitrogens with zero attached hydrogens (tertiary/aromatic N) is 1. The van der Waals surface area contributed by atoms with Crippen LogP contribution in [0.5, 0.6) is 11.5 Å². The number of amides is 1. The van der Waals surface area contributed by atoms with Crippen LogP contribution in [0.15, 0.2) is 18.2 Å². The Morgan fingerprint density at radius 2 is 1.88 bits per heavy atom. The molecule has 1 aromatic rings. The van der Waals surface area contributed by atoms with Gasteiger partial charge in [-0.3, -0.25) is 4.79 Å². The average molecular weight is 335 g/mol. The summed E-state index contributed by atoms with van der Waals surface area (Å²) in [5.74, 6) is 0.799. The van der Waals surface area contributed by atoms with Crippen LogP contribution >= 0.6 is 0 Å². The monoisotopic (exact) mass is 335 g/mol. The fourth-order valence-corrected chi connectivity index (χ4v) is 2.69. The molecule has 0 N–H and O–H groups in total. The molecule has 0 spiro atoms. The molecular weight excluding hydrogens is 310 g/mol. The summed E-state index contributed by atoms with van der Waals surface area (Å²) in [6.45, 7) is 6.34. The lowest BCUT2D eigenvalue weighted by Crippen LogP contribution is -2.35. The maximum absolute atomic E-state index is 12.8. The molecule has 1 heterocycles. The van der Waals surface area contributed by atoms with Gasteiger partial charge in [-0.05, 0) is 45.4 Å². The Balaban J connectivity index is 2.11. The molecule has 1 amide bonds. The number of ether oxygens (including phenoxy) is 3. The molecule has 24 heavy (non-hydrogen) atoms. The minimum atomic E-state index is -0.546. The number of methoxy groups -OCH3 is 2. The molecule has 2 rings (SSSR count). The Hall–Kier alpha value is -2.24. The molecule has 132 valence electrons. The number of hydrogen-bond donors (Lipinski definition) is 0. The Kier molecular flexibility index (Phi) is 5.36. The Morgan fingerprint density at radius 3 is 2.46 bits per heavy atom. The normalized spacial score (nSPS) is 17.5. The molecule has 0 unspecified atom stereocenters. The lowest BCUT2D eigenvalue weighted by Gasteiger charge is -2.24. The molecule has 1 aliphatic rings. The number of benzene rings is 1. The molecule has 1 saturated heterocycles. The summed E-state index contributed by atoms with van der Waals surface area (Å²) < 4.78 is 15.8. The largest absolute Gasteiger partial charge is 0.497 e. The number of carbonyl (C=O) groups excluding carboxylic acids is 2. The van der Waals surface area contributed by atoms with Gasteiger partial charge in [-0.25, -0.2) is 4.79 Å². The fourth-order valence-electron chi connectivity index (χ4n) is 2.69. The second-order valence-electron chi connectivity index (χ2n) is 6.84. The van der Waals surface area contributed by atoms with E-state index in [9.17, 15) is 9.59 Å². The zero-order valence-corrected chi connectivity index (χ0v) is 14.9.